The molecule has 146 valence electrons. The molecule has 1 atom stereocenters. The van der Waals surface area contributed by atoms with E-state index in [1.54, 1.807) is 0 Å². The lowest BCUT2D eigenvalue weighted by atomic mass is 9.99. The summed E-state index contributed by atoms with van der Waals surface area (Å²) in [5, 5.41) is 0.417. The molecule has 28 heavy (non-hydrogen) atoms. The zero-order chi connectivity index (χ0) is 19.7. The Kier molecular flexibility index (Phi) is 5.19. The number of alkyl halides is 3. The fourth-order valence-electron chi connectivity index (χ4n) is 3.50. The van der Waals surface area contributed by atoms with Crippen LogP contribution in [0.4, 0.5) is 13.2 Å². The normalized spacial score (nSPS) is 18.0. The van der Waals surface area contributed by atoms with Gasteiger partial charge in [0.2, 0.25) is 0 Å². The van der Waals surface area contributed by atoms with Gasteiger partial charge in [-0.1, -0.05) is 48.5 Å². The second-order valence-electron chi connectivity index (χ2n) is 6.99. The van der Waals surface area contributed by atoms with E-state index in [0.717, 1.165) is 37.0 Å². The van der Waals surface area contributed by atoms with E-state index >= 15 is 0 Å². The van der Waals surface area contributed by atoms with Gasteiger partial charge in [-0.25, -0.2) is 4.98 Å². The molecule has 0 saturated heterocycles. The predicted octanol–water partition coefficient (Wildman–Crippen LogP) is 5.71. The summed E-state index contributed by atoms with van der Waals surface area (Å²) in [7, 11) is 0. The van der Waals surface area contributed by atoms with Gasteiger partial charge in [0.25, 0.3) is 0 Å². The second kappa shape index (κ2) is 7.62. The Bertz CT molecular complexity index is 998. The highest BCUT2D eigenvalue weighted by Gasteiger charge is 2.31. The molecule has 1 saturated carbocycles. The number of hydrogen-bond acceptors (Lipinski definition) is 3. The first-order valence-corrected chi connectivity index (χ1v) is 10.1. The van der Waals surface area contributed by atoms with Crippen molar-refractivity contribution in [1.29, 1.82) is 0 Å². The number of rotatable bonds is 4. The fourth-order valence-corrected chi connectivity index (χ4v) is 4.73. The van der Waals surface area contributed by atoms with E-state index in [-0.39, 0.29) is 11.0 Å². The summed E-state index contributed by atoms with van der Waals surface area (Å²) in [5.74, 6) is 0.200. The zero-order valence-corrected chi connectivity index (χ0v) is 15.9. The van der Waals surface area contributed by atoms with Crippen LogP contribution in [0.25, 0.3) is 11.0 Å². The summed E-state index contributed by atoms with van der Waals surface area (Å²) in [5.41, 5.74) is 1.26. The quantitative estimate of drug-likeness (QED) is 0.559. The molecule has 3 nitrogen and oxygen atoms in total. The van der Waals surface area contributed by atoms with Gasteiger partial charge in [-0.05, 0) is 36.6 Å². The van der Waals surface area contributed by atoms with Crippen molar-refractivity contribution in [2.45, 2.75) is 48.8 Å². The Morgan fingerprint density at radius 2 is 1.89 bits per heavy atom. The number of imidazole rings is 1. The molecule has 0 radical (unpaired) electrons. The maximum absolute atomic E-state index is 13.1. The molecule has 1 aliphatic carbocycles. The maximum atomic E-state index is 13.1. The molecule has 0 amide bonds. The number of fused-ring (bicyclic) bond motifs is 1. The highest BCUT2D eigenvalue weighted by molar-refractivity contribution is 8.00. The minimum atomic E-state index is -4.41. The Balaban J connectivity index is 1.76. The smallest absolute Gasteiger partial charge is 0.314 e. The van der Waals surface area contributed by atoms with Gasteiger partial charge in [0.1, 0.15) is 5.78 Å². The third-order valence-corrected chi connectivity index (χ3v) is 6.28. The van der Waals surface area contributed by atoms with Gasteiger partial charge in [0, 0.05) is 6.42 Å². The van der Waals surface area contributed by atoms with Crippen molar-refractivity contribution in [3.63, 3.8) is 0 Å². The largest absolute Gasteiger partial charge is 0.416 e. The van der Waals surface area contributed by atoms with Crippen LogP contribution in [0.15, 0.2) is 53.7 Å². The van der Waals surface area contributed by atoms with Crippen molar-refractivity contribution < 1.29 is 18.0 Å². The summed E-state index contributed by atoms with van der Waals surface area (Å²) >= 11 is 1.38. The number of aromatic nitrogens is 2. The molecule has 1 heterocycles. The molecule has 0 spiro atoms. The van der Waals surface area contributed by atoms with Crippen molar-refractivity contribution in [3.8, 4) is 0 Å². The highest BCUT2D eigenvalue weighted by Crippen LogP contribution is 2.36. The van der Waals surface area contributed by atoms with E-state index in [9.17, 15) is 18.0 Å². The molecule has 0 unspecified atom stereocenters. The summed E-state index contributed by atoms with van der Waals surface area (Å²) in [6.07, 6.45) is -1.17. The van der Waals surface area contributed by atoms with Gasteiger partial charge in [-0.15, -0.1) is 0 Å². The lowest BCUT2D eigenvalue weighted by Gasteiger charge is -2.20. The number of nitrogens with zero attached hydrogens (tertiary/aromatic N) is 2. The van der Waals surface area contributed by atoms with Crippen LogP contribution in [-0.4, -0.2) is 20.6 Å². The number of carbonyl (C=O) groups excluding carboxylic acids is 1. The highest BCUT2D eigenvalue weighted by atomic mass is 32.2. The SMILES string of the molecule is O=C1CCCC[C@@H]1Sc1nc2cc(C(F)(F)F)ccc2n1Cc1ccccc1. The van der Waals surface area contributed by atoms with Gasteiger partial charge in [0.15, 0.2) is 5.16 Å². The van der Waals surface area contributed by atoms with Crippen LogP contribution in [0.1, 0.15) is 36.8 Å². The summed E-state index contributed by atoms with van der Waals surface area (Å²) in [4.78, 5) is 16.7. The van der Waals surface area contributed by atoms with Crippen molar-refractivity contribution in [2.75, 3.05) is 0 Å². The number of benzene rings is 2. The van der Waals surface area contributed by atoms with Crippen LogP contribution in [0, 0.1) is 0 Å². The molecule has 1 fully saturated rings. The first kappa shape index (κ1) is 19.1. The van der Waals surface area contributed by atoms with Crippen molar-refractivity contribution in [2.24, 2.45) is 0 Å². The average Bonchev–Trinajstić information content (AvgIpc) is 3.00. The number of halogens is 3. The lowest BCUT2D eigenvalue weighted by Crippen LogP contribution is -2.22. The Morgan fingerprint density at radius 3 is 2.61 bits per heavy atom. The van der Waals surface area contributed by atoms with Gasteiger partial charge in [-0.3, -0.25) is 4.79 Å². The Hall–Kier alpha value is -2.28. The number of ketones is 1. The molecule has 0 bridgehead atoms. The van der Waals surface area contributed by atoms with Crippen molar-refractivity contribution in [3.05, 3.63) is 59.7 Å². The molecule has 3 aromatic rings. The molecule has 2 aromatic carbocycles. The Labute approximate surface area is 165 Å². The van der Waals surface area contributed by atoms with Crippen LogP contribution >= 0.6 is 11.8 Å². The summed E-state index contributed by atoms with van der Waals surface area (Å²) < 4.78 is 41.2. The second-order valence-corrected chi connectivity index (χ2v) is 8.16. The summed E-state index contributed by atoms with van der Waals surface area (Å²) in [6.45, 7) is 0.492. The van der Waals surface area contributed by atoms with Crippen LogP contribution in [0.3, 0.4) is 0 Å². The van der Waals surface area contributed by atoms with Gasteiger partial charge in [0.05, 0.1) is 28.4 Å². The third kappa shape index (κ3) is 3.94. The molecule has 4 rings (SSSR count). The monoisotopic (exact) mass is 404 g/mol. The number of carbonyl (C=O) groups is 1. The van der Waals surface area contributed by atoms with E-state index in [1.807, 2.05) is 34.9 Å². The number of Topliss-reactive ketones (excluding diaryl/α,β-unsaturated/α-hetero) is 1. The van der Waals surface area contributed by atoms with Gasteiger partial charge < -0.3 is 4.57 Å². The van der Waals surface area contributed by atoms with E-state index in [0.29, 0.717) is 29.2 Å². The molecule has 0 aliphatic heterocycles. The van der Waals surface area contributed by atoms with Crippen LogP contribution in [-0.2, 0) is 17.5 Å². The molecule has 0 N–H and O–H groups in total. The molecule has 1 aliphatic rings. The molecular formula is C21H19F3N2OS. The fraction of sp³-hybridized carbons (Fsp3) is 0.333. The zero-order valence-electron chi connectivity index (χ0n) is 15.1. The van der Waals surface area contributed by atoms with E-state index in [2.05, 4.69) is 4.98 Å². The van der Waals surface area contributed by atoms with E-state index in [1.165, 1.54) is 17.8 Å². The van der Waals surface area contributed by atoms with E-state index in [4.69, 9.17) is 0 Å². The molecule has 7 heteroatoms. The first-order valence-electron chi connectivity index (χ1n) is 9.22. The lowest BCUT2D eigenvalue weighted by molar-refractivity contribution is -0.137. The van der Waals surface area contributed by atoms with Crippen molar-refractivity contribution >= 4 is 28.6 Å². The molecular weight excluding hydrogens is 385 g/mol. The van der Waals surface area contributed by atoms with Crippen LogP contribution < -0.4 is 0 Å². The van der Waals surface area contributed by atoms with Crippen LogP contribution in [0.5, 0.6) is 0 Å². The maximum Gasteiger partial charge on any atom is 0.416 e. The average molecular weight is 404 g/mol. The van der Waals surface area contributed by atoms with Gasteiger partial charge >= 0.3 is 6.18 Å². The van der Waals surface area contributed by atoms with Gasteiger partial charge in [-0.2, -0.15) is 13.2 Å². The Morgan fingerprint density at radius 1 is 1.11 bits per heavy atom. The molecule has 1 aromatic heterocycles. The van der Waals surface area contributed by atoms with E-state index < -0.39 is 11.7 Å². The first-order chi connectivity index (χ1) is 13.4. The minimum absolute atomic E-state index is 0.179. The standard InChI is InChI=1S/C21H19F3N2OS/c22-21(23,24)15-10-11-17-16(12-15)25-20(28-19-9-5-4-8-18(19)27)26(17)13-14-6-2-1-3-7-14/h1-3,6-7,10-12,19H,4-5,8-9,13H2/t19-/m0/s1. The van der Waals surface area contributed by atoms with Crippen LogP contribution in [0.2, 0.25) is 0 Å². The summed E-state index contributed by atoms with van der Waals surface area (Å²) in [6, 6.07) is 13.4. The minimum Gasteiger partial charge on any atom is -0.314 e. The number of thioether (sulfide) groups is 1. The predicted molar refractivity (Wildman–Crippen MR) is 103 cm³/mol. The topological polar surface area (TPSA) is 34.9 Å². The third-order valence-electron chi connectivity index (χ3n) is 4.97. The number of hydrogen-bond donors (Lipinski definition) is 0. The van der Waals surface area contributed by atoms with Crippen molar-refractivity contribution in [1.82, 2.24) is 9.55 Å².